The lowest BCUT2D eigenvalue weighted by atomic mass is 10.2. The van der Waals surface area contributed by atoms with E-state index in [0.717, 1.165) is 24.5 Å². The van der Waals surface area contributed by atoms with Crippen molar-refractivity contribution < 1.29 is 4.74 Å². The summed E-state index contributed by atoms with van der Waals surface area (Å²) in [4.78, 5) is 0. The fourth-order valence-electron chi connectivity index (χ4n) is 1.88. The maximum atomic E-state index is 5.11. The number of hydrogen-bond donors (Lipinski definition) is 2. The minimum absolute atomic E-state index is 0.632. The number of anilines is 1. The first-order valence-electron chi connectivity index (χ1n) is 5.50. The zero-order chi connectivity index (χ0) is 10.5. The summed E-state index contributed by atoms with van der Waals surface area (Å²) in [7, 11) is 1.69. The van der Waals surface area contributed by atoms with Crippen LogP contribution < -0.4 is 15.4 Å². The highest BCUT2D eigenvalue weighted by atomic mass is 16.5. The first-order valence-corrected chi connectivity index (χ1v) is 5.50. The molecule has 1 aliphatic heterocycles. The minimum Gasteiger partial charge on any atom is -0.497 e. The molecule has 2 N–H and O–H groups in total. The van der Waals surface area contributed by atoms with E-state index in [1.807, 2.05) is 24.3 Å². The first kappa shape index (κ1) is 10.3. The van der Waals surface area contributed by atoms with Gasteiger partial charge in [0, 0.05) is 18.3 Å². The standard InChI is InChI=1S/C12H18N2O/c1-15-12-6-4-10(5-7-12)14-9-11-3-2-8-13-11/h4-7,11,13-14H,2-3,8-9H2,1H3/t11-/m1/s1. The van der Waals surface area contributed by atoms with Crippen LogP contribution in [0.15, 0.2) is 24.3 Å². The Hall–Kier alpha value is -1.22. The minimum atomic E-state index is 0.632. The summed E-state index contributed by atoms with van der Waals surface area (Å²) in [5.74, 6) is 0.902. The van der Waals surface area contributed by atoms with E-state index in [1.165, 1.54) is 12.8 Å². The van der Waals surface area contributed by atoms with Crippen molar-refractivity contribution in [3.05, 3.63) is 24.3 Å². The Morgan fingerprint density at radius 2 is 2.20 bits per heavy atom. The third kappa shape index (κ3) is 2.86. The molecule has 3 nitrogen and oxygen atoms in total. The average molecular weight is 206 g/mol. The maximum Gasteiger partial charge on any atom is 0.119 e. The molecule has 1 fully saturated rings. The van der Waals surface area contributed by atoms with Crippen molar-refractivity contribution >= 4 is 5.69 Å². The largest absolute Gasteiger partial charge is 0.497 e. The van der Waals surface area contributed by atoms with Gasteiger partial charge >= 0.3 is 0 Å². The molecule has 1 aromatic rings. The highest BCUT2D eigenvalue weighted by Crippen LogP contribution is 2.15. The Labute approximate surface area is 90.8 Å². The molecule has 0 aromatic heterocycles. The molecule has 1 aromatic carbocycles. The number of nitrogens with one attached hydrogen (secondary N) is 2. The van der Waals surface area contributed by atoms with Gasteiger partial charge in [0.15, 0.2) is 0 Å². The molecule has 1 aliphatic rings. The van der Waals surface area contributed by atoms with Gasteiger partial charge in [-0.1, -0.05) is 0 Å². The lowest BCUT2D eigenvalue weighted by Gasteiger charge is -2.12. The summed E-state index contributed by atoms with van der Waals surface area (Å²) >= 11 is 0. The number of benzene rings is 1. The number of methoxy groups -OCH3 is 1. The molecule has 15 heavy (non-hydrogen) atoms. The Morgan fingerprint density at radius 1 is 1.40 bits per heavy atom. The summed E-state index contributed by atoms with van der Waals surface area (Å²) in [5, 5.41) is 6.88. The molecule has 1 heterocycles. The van der Waals surface area contributed by atoms with Crippen molar-refractivity contribution in [1.82, 2.24) is 5.32 Å². The van der Waals surface area contributed by atoms with E-state index in [1.54, 1.807) is 7.11 Å². The van der Waals surface area contributed by atoms with E-state index >= 15 is 0 Å². The van der Waals surface area contributed by atoms with Gasteiger partial charge < -0.3 is 15.4 Å². The highest BCUT2D eigenvalue weighted by Gasteiger charge is 2.12. The maximum absolute atomic E-state index is 5.11. The van der Waals surface area contributed by atoms with Crippen LogP contribution in [0.4, 0.5) is 5.69 Å². The molecule has 2 rings (SSSR count). The van der Waals surface area contributed by atoms with E-state index in [2.05, 4.69) is 10.6 Å². The normalized spacial score (nSPS) is 20.2. The van der Waals surface area contributed by atoms with Gasteiger partial charge in [0.05, 0.1) is 7.11 Å². The molecule has 82 valence electrons. The van der Waals surface area contributed by atoms with Gasteiger partial charge in [0.25, 0.3) is 0 Å². The Balaban J connectivity index is 1.82. The first-order chi connectivity index (χ1) is 7.38. The summed E-state index contributed by atoms with van der Waals surface area (Å²) in [6.07, 6.45) is 2.58. The second-order valence-corrected chi connectivity index (χ2v) is 3.90. The molecule has 0 bridgehead atoms. The van der Waals surface area contributed by atoms with Crippen LogP contribution in [-0.4, -0.2) is 26.2 Å². The predicted molar refractivity (Wildman–Crippen MR) is 62.5 cm³/mol. The third-order valence-corrected chi connectivity index (χ3v) is 2.80. The van der Waals surface area contributed by atoms with Crippen LogP contribution in [0.2, 0.25) is 0 Å². The van der Waals surface area contributed by atoms with E-state index < -0.39 is 0 Å². The fourth-order valence-corrected chi connectivity index (χ4v) is 1.88. The van der Waals surface area contributed by atoms with Gasteiger partial charge in [-0.2, -0.15) is 0 Å². The van der Waals surface area contributed by atoms with Crippen molar-refractivity contribution in [3.8, 4) is 5.75 Å². The Kier molecular flexibility index (Phi) is 3.45. The van der Waals surface area contributed by atoms with Crippen molar-refractivity contribution in [2.45, 2.75) is 18.9 Å². The summed E-state index contributed by atoms with van der Waals surface area (Å²) in [5.41, 5.74) is 1.16. The van der Waals surface area contributed by atoms with Gasteiger partial charge in [-0.25, -0.2) is 0 Å². The smallest absolute Gasteiger partial charge is 0.119 e. The molecule has 1 atom stereocenters. The van der Waals surface area contributed by atoms with Crippen molar-refractivity contribution in [2.75, 3.05) is 25.5 Å². The van der Waals surface area contributed by atoms with Crippen LogP contribution in [0.3, 0.4) is 0 Å². The van der Waals surface area contributed by atoms with Crippen molar-refractivity contribution in [1.29, 1.82) is 0 Å². The average Bonchev–Trinajstić information content (AvgIpc) is 2.80. The number of rotatable bonds is 4. The zero-order valence-electron chi connectivity index (χ0n) is 9.12. The second-order valence-electron chi connectivity index (χ2n) is 3.90. The summed E-state index contributed by atoms with van der Waals surface area (Å²) < 4.78 is 5.11. The van der Waals surface area contributed by atoms with Crippen LogP contribution in [-0.2, 0) is 0 Å². The van der Waals surface area contributed by atoms with E-state index in [0.29, 0.717) is 6.04 Å². The molecule has 3 heteroatoms. The molecule has 0 amide bonds. The molecular formula is C12H18N2O. The molecule has 0 radical (unpaired) electrons. The zero-order valence-corrected chi connectivity index (χ0v) is 9.12. The monoisotopic (exact) mass is 206 g/mol. The molecular weight excluding hydrogens is 188 g/mol. The summed E-state index contributed by atoms with van der Waals surface area (Å²) in [6, 6.07) is 8.68. The Morgan fingerprint density at radius 3 is 2.80 bits per heavy atom. The van der Waals surface area contributed by atoms with Crippen molar-refractivity contribution in [2.24, 2.45) is 0 Å². The third-order valence-electron chi connectivity index (χ3n) is 2.80. The molecule has 0 unspecified atom stereocenters. The number of ether oxygens (including phenoxy) is 1. The van der Waals surface area contributed by atoms with Gasteiger partial charge in [-0.3, -0.25) is 0 Å². The summed E-state index contributed by atoms with van der Waals surface area (Å²) in [6.45, 7) is 2.17. The van der Waals surface area contributed by atoms with Gasteiger partial charge in [0.2, 0.25) is 0 Å². The lowest BCUT2D eigenvalue weighted by Crippen LogP contribution is -2.29. The Bertz CT molecular complexity index is 291. The van der Waals surface area contributed by atoms with Crippen LogP contribution in [0.25, 0.3) is 0 Å². The number of hydrogen-bond acceptors (Lipinski definition) is 3. The fraction of sp³-hybridized carbons (Fsp3) is 0.500. The van der Waals surface area contributed by atoms with E-state index in [9.17, 15) is 0 Å². The SMILES string of the molecule is COc1ccc(NC[C@H]2CCCN2)cc1. The van der Waals surface area contributed by atoms with Gasteiger partial charge in [-0.15, -0.1) is 0 Å². The molecule has 1 saturated heterocycles. The van der Waals surface area contributed by atoms with E-state index in [4.69, 9.17) is 4.74 Å². The van der Waals surface area contributed by atoms with E-state index in [-0.39, 0.29) is 0 Å². The molecule has 0 spiro atoms. The second kappa shape index (κ2) is 5.03. The quantitative estimate of drug-likeness (QED) is 0.789. The van der Waals surface area contributed by atoms with Crippen molar-refractivity contribution in [3.63, 3.8) is 0 Å². The molecule has 0 saturated carbocycles. The highest BCUT2D eigenvalue weighted by molar-refractivity contribution is 5.46. The van der Waals surface area contributed by atoms with Crippen LogP contribution in [0.5, 0.6) is 5.75 Å². The predicted octanol–water partition coefficient (Wildman–Crippen LogP) is 1.86. The topological polar surface area (TPSA) is 33.3 Å². The van der Waals surface area contributed by atoms with Gasteiger partial charge in [0.1, 0.15) is 5.75 Å². The van der Waals surface area contributed by atoms with Crippen LogP contribution in [0, 0.1) is 0 Å². The lowest BCUT2D eigenvalue weighted by molar-refractivity contribution is 0.415. The molecule has 0 aliphatic carbocycles. The van der Waals surface area contributed by atoms with Gasteiger partial charge in [-0.05, 0) is 43.7 Å². The van der Waals surface area contributed by atoms with Crippen LogP contribution in [0.1, 0.15) is 12.8 Å². The van der Waals surface area contributed by atoms with Crippen LogP contribution >= 0.6 is 0 Å².